The van der Waals surface area contributed by atoms with Crippen LogP contribution < -0.4 is 15.4 Å². The molecule has 0 aliphatic rings. The fraction of sp³-hybridized carbons (Fsp3) is 0.533. The largest absolute Gasteiger partial charge is 0.379 e. The third-order valence-electron chi connectivity index (χ3n) is 2.74. The van der Waals surface area contributed by atoms with Crippen molar-refractivity contribution in [1.82, 2.24) is 10.6 Å². The Labute approximate surface area is 137 Å². The molecule has 23 heavy (non-hydrogen) atoms. The standard InChI is InChI=1S/C15H25N3O4S/c1-12(2)22-9-5-8-16-15(19)17-11-13-6-4-7-14(10-13)18-23(3,20)21/h4,6-7,10,12,18H,5,8-9,11H2,1-3H3,(H2,16,17,19). The van der Waals surface area contributed by atoms with Crippen LogP contribution in [0, 0.1) is 0 Å². The van der Waals surface area contributed by atoms with E-state index < -0.39 is 10.0 Å². The van der Waals surface area contributed by atoms with Crippen molar-refractivity contribution in [1.29, 1.82) is 0 Å². The average molecular weight is 343 g/mol. The van der Waals surface area contributed by atoms with E-state index in [0.717, 1.165) is 18.2 Å². The molecule has 0 spiro atoms. The molecule has 0 aliphatic carbocycles. The summed E-state index contributed by atoms with van der Waals surface area (Å²) in [6.45, 7) is 5.39. The number of hydrogen-bond donors (Lipinski definition) is 3. The highest BCUT2D eigenvalue weighted by Gasteiger charge is 2.04. The third kappa shape index (κ3) is 9.75. The van der Waals surface area contributed by atoms with Crippen molar-refractivity contribution in [3.63, 3.8) is 0 Å². The number of hydrogen-bond acceptors (Lipinski definition) is 4. The second kappa shape index (κ2) is 9.36. The Kier molecular flexibility index (Phi) is 7.84. The number of amides is 2. The van der Waals surface area contributed by atoms with Crippen LogP contribution in [0.1, 0.15) is 25.8 Å². The summed E-state index contributed by atoms with van der Waals surface area (Å²) in [5.41, 5.74) is 1.27. The number of carbonyl (C=O) groups excluding carboxylic acids is 1. The molecule has 0 aromatic heterocycles. The predicted octanol–water partition coefficient (Wildman–Crippen LogP) is 1.67. The zero-order chi connectivity index (χ0) is 17.3. The average Bonchev–Trinajstić information content (AvgIpc) is 2.43. The van der Waals surface area contributed by atoms with Crippen LogP contribution >= 0.6 is 0 Å². The first-order chi connectivity index (χ1) is 10.8. The fourth-order valence-corrected chi connectivity index (χ4v) is 2.35. The van der Waals surface area contributed by atoms with Gasteiger partial charge >= 0.3 is 6.03 Å². The van der Waals surface area contributed by atoms with Crippen LogP contribution in [0.15, 0.2) is 24.3 Å². The second-order valence-electron chi connectivity index (χ2n) is 5.46. The summed E-state index contributed by atoms with van der Waals surface area (Å²) in [6, 6.07) is 6.60. The summed E-state index contributed by atoms with van der Waals surface area (Å²) in [7, 11) is -3.31. The van der Waals surface area contributed by atoms with E-state index in [1.165, 1.54) is 0 Å². The van der Waals surface area contributed by atoms with Crippen molar-refractivity contribution < 1.29 is 17.9 Å². The highest BCUT2D eigenvalue weighted by molar-refractivity contribution is 7.92. The number of ether oxygens (including phenoxy) is 1. The van der Waals surface area contributed by atoms with Crippen molar-refractivity contribution in [3.05, 3.63) is 29.8 Å². The van der Waals surface area contributed by atoms with Crippen LogP contribution in [-0.2, 0) is 21.3 Å². The van der Waals surface area contributed by atoms with Gasteiger partial charge in [0.2, 0.25) is 10.0 Å². The molecule has 0 saturated heterocycles. The van der Waals surface area contributed by atoms with Crippen LogP contribution in [-0.4, -0.2) is 40.0 Å². The van der Waals surface area contributed by atoms with Gasteiger partial charge in [0.25, 0.3) is 0 Å². The van der Waals surface area contributed by atoms with Crippen molar-refractivity contribution in [3.8, 4) is 0 Å². The molecule has 3 N–H and O–H groups in total. The second-order valence-corrected chi connectivity index (χ2v) is 7.21. The van der Waals surface area contributed by atoms with E-state index in [4.69, 9.17) is 4.74 Å². The molecule has 8 heteroatoms. The normalized spacial score (nSPS) is 11.3. The summed E-state index contributed by atoms with van der Waals surface area (Å²) >= 11 is 0. The highest BCUT2D eigenvalue weighted by atomic mass is 32.2. The zero-order valence-corrected chi connectivity index (χ0v) is 14.6. The first kappa shape index (κ1) is 19.2. The Morgan fingerprint density at radius 1 is 1.26 bits per heavy atom. The Morgan fingerprint density at radius 3 is 2.65 bits per heavy atom. The van der Waals surface area contributed by atoms with E-state index in [1.807, 2.05) is 19.9 Å². The number of urea groups is 1. The summed E-state index contributed by atoms with van der Waals surface area (Å²) < 4.78 is 30.2. The lowest BCUT2D eigenvalue weighted by Gasteiger charge is -2.10. The predicted molar refractivity (Wildman–Crippen MR) is 90.9 cm³/mol. The van der Waals surface area contributed by atoms with E-state index in [0.29, 0.717) is 25.4 Å². The summed E-state index contributed by atoms with van der Waals surface area (Å²) in [4.78, 5) is 11.7. The van der Waals surface area contributed by atoms with Gasteiger partial charge in [0, 0.05) is 25.4 Å². The molecule has 0 fully saturated rings. The van der Waals surface area contributed by atoms with Gasteiger partial charge in [-0.3, -0.25) is 4.72 Å². The lowest BCUT2D eigenvalue weighted by molar-refractivity contribution is 0.0774. The smallest absolute Gasteiger partial charge is 0.315 e. The van der Waals surface area contributed by atoms with E-state index >= 15 is 0 Å². The summed E-state index contributed by atoms with van der Waals surface area (Å²) in [6.07, 6.45) is 2.03. The van der Waals surface area contributed by atoms with Gasteiger partial charge in [0.15, 0.2) is 0 Å². The minimum Gasteiger partial charge on any atom is -0.379 e. The first-order valence-corrected chi connectivity index (χ1v) is 9.35. The van der Waals surface area contributed by atoms with Crippen LogP contribution in [0.5, 0.6) is 0 Å². The number of nitrogens with one attached hydrogen (secondary N) is 3. The SMILES string of the molecule is CC(C)OCCCNC(=O)NCc1cccc(NS(C)(=O)=O)c1. The fourth-order valence-electron chi connectivity index (χ4n) is 1.80. The van der Waals surface area contributed by atoms with Crippen molar-refractivity contribution in [2.24, 2.45) is 0 Å². The van der Waals surface area contributed by atoms with E-state index in [2.05, 4.69) is 15.4 Å². The lowest BCUT2D eigenvalue weighted by Crippen LogP contribution is -2.36. The minimum atomic E-state index is -3.31. The van der Waals surface area contributed by atoms with Gasteiger partial charge in [0.1, 0.15) is 0 Å². The Morgan fingerprint density at radius 2 is 2.00 bits per heavy atom. The van der Waals surface area contributed by atoms with E-state index in [9.17, 15) is 13.2 Å². The first-order valence-electron chi connectivity index (χ1n) is 7.46. The molecule has 0 heterocycles. The highest BCUT2D eigenvalue weighted by Crippen LogP contribution is 2.11. The lowest BCUT2D eigenvalue weighted by atomic mass is 10.2. The zero-order valence-electron chi connectivity index (χ0n) is 13.8. The van der Waals surface area contributed by atoms with Gasteiger partial charge in [-0.25, -0.2) is 13.2 Å². The van der Waals surface area contributed by atoms with Gasteiger partial charge < -0.3 is 15.4 Å². The maximum absolute atomic E-state index is 11.7. The maximum Gasteiger partial charge on any atom is 0.315 e. The topological polar surface area (TPSA) is 96.5 Å². The molecule has 1 aromatic rings. The van der Waals surface area contributed by atoms with Crippen LogP contribution in [0.25, 0.3) is 0 Å². The van der Waals surface area contributed by atoms with Gasteiger partial charge in [-0.05, 0) is 38.0 Å². The number of sulfonamides is 1. The molecule has 2 amide bonds. The van der Waals surface area contributed by atoms with Crippen molar-refractivity contribution >= 4 is 21.7 Å². The molecule has 0 aliphatic heterocycles. The molecule has 130 valence electrons. The van der Waals surface area contributed by atoms with Gasteiger partial charge in [0.05, 0.1) is 12.4 Å². The number of anilines is 1. The van der Waals surface area contributed by atoms with Crippen LogP contribution in [0.4, 0.5) is 10.5 Å². The Balaban J connectivity index is 2.31. The van der Waals surface area contributed by atoms with Gasteiger partial charge in [-0.2, -0.15) is 0 Å². The van der Waals surface area contributed by atoms with Gasteiger partial charge in [-0.15, -0.1) is 0 Å². The maximum atomic E-state index is 11.7. The third-order valence-corrected chi connectivity index (χ3v) is 3.35. The molecule has 1 rings (SSSR count). The molecular formula is C15H25N3O4S. The quantitative estimate of drug-likeness (QED) is 0.594. The number of benzene rings is 1. The number of rotatable bonds is 9. The van der Waals surface area contributed by atoms with Crippen LogP contribution in [0.3, 0.4) is 0 Å². The van der Waals surface area contributed by atoms with E-state index in [1.54, 1.807) is 18.2 Å². The molecule has 0 radical (unpaired) electrons. The molecular weight excluding hydrogens is 318 g/mol. The number of carbonyl (C=O) groups is 1. The molecule has 0 atom stereocenters. The van der Waals surface area contributed by atoms with E-state index in [-0.39, 0.29) is 12.1 Å². The molecule has 0 unspecified atom stereocenters. The summed E-state index contributed by atoms with van der Waals surface area (Å²) in [5, 5.41) is 5.46. The minimum absolute atomic E-state index is 0.191. The summed E-state index contributed by atoms with van der Waals surface area (Å²) in [5.74, 6) is 0. The Hall–Kier alpha value is -1.80. The molecule has 1 aromatic carbocycles. The monoisotopic (exact) mass is 343 g/mol. The van der Waals surface area contributed by atoms with Gasteiger partial charge in [-0.1, -0.05) is 12.1 Å². The van der Waals surface area contributed by atoms with Crippen molar-refractivity contribution in [2.75, 3.05) is 24.1 Å². The molecule has 7 nitrogen and oxygen atoms in total. The van der Waals surface area contributed by atoms with Crippen LogP contribution in [0.2, 0.25) is 0 Å². The molecule has 0 bridgehead atoms. The molecule has 0 saturated carbocycles. The Bertz CT molecular complexity index is 602. The van der Waals surface area contributed by atoms with Crippen molar-refractivity contribution in [2.45, 2.75) is 32.9 Å².